The van der Waals surface area contributed by atoms with Crippen molar-refractivity contribution in [1.82, 2.24) is 4.90 Å². The molecule has 0 spiro atoms. The first-order valence-electron chi connectivity index (χ1n) is 6.46. The maximum atomic E-state index is 12.0. The first-order chi connectivity index (χ1) is 9.52. The number of fused-ring (bicyclic) bond motifs is 1. The SMILES string of the molecule is Cl.N[C@@H](CCCCN1C(=O)c2ccccc2C1=O)C(=O)O. The number of nitrogens with zero attached hydrogens (tertiary/aromatic N) is 1. The second kappa shape index (κ2) is 7.19. The molecule has 1 aliphatic rings. The summed E-state index contributed by atoms with van der Waals surface area (Å²) < 4.78 is 0. The molecule has 1 aromatic carbocycles. The highest BCUT2D eigenvalue weighted by molar-refractivity contribution is 6.21. The summed E-state index contributed by atoms with van der Waals surface area (Å²) in [4.78, 5) is 35.8. The number of carboxylic acid groups (broad SMARTS) is 1. The van der Waals surface area contributed by atoms with Gasteiger partial charge in [-0.15, -0.1) is 12.4 Å². The lowest BCUT2D eigenvalue weighted by molar-refractivity contribution is -0.138. The van der Waals surface area contributed by atoms with Crippen molar-refractivity contribution >= 4 is 30.2 Å². The van der Waals surface area contributed by atoms with Gasteiger partial charge in [0.2, 0.25) is 0 Å². The quantitative estimate of drug-likeness (QED) is 0.609. The molecule has 1 heterocycles. The lowest BCUT2D eigenvalue weighted by Gasteiger charge is -2.14. The number of amides is 2. The average Bonchev–Trinajstić information content (AvgIpc) is 2.68. The van der Waals surface area contributed by atoms with Crippen LogP contribution in [-0.2, 0) is 4.79 Å². The summed E-state index contributed by atoms with van der Waals surface area (Å²) in [5, 5.41) is 8.65. The van der Waals surface area contributed by atoms with Crippen LogP contribution in [0.15, 0.2) is 24.3 Å². The molecule has 0 aromatic heterocycles. The third-order valence-electron chi connectivity index (χ3n) is 3.34. The summed E-state index contributed by atoms with van der Waals surface area (Å²) in [5.74, 6) is -1.60. The molecule has 6 nitrogen and oxygen atoms in total. The standard InChI is InChI=1S/C14H16N2O4.ClH/c15-11(14(19)20)7-3-4-8-16-12(17)9-5-1-2-6-10(9)13(16)18;/h1-2,5-6,11H,3-4,7-8,15H2,(H,19,20);1H/t11-;/m0./s1. The molecule has 3 N–H and O–H groups in total. The van der Waals surface area contributed by atoms with Gasteiger partial charge in [-0.1, -0.05) is 12.1 Å². The van der Waals surface area contributed by atoms with Gasteiger partial charge >= 0.3 is 5.97 Å². The van der Waals surface area contributed by atoms with Gasteiger partial charge in [0.15, 0.2) is 0 Å². The lowest BCUT2D eigenvalue weighted by atomic mass is 10.1. The van der Waals surface area contributed by atoms with Gasteiger partial charge in [-0.2, -0.15) is 0 Å². The Hall–Kier alpha value is -1.92. The monoisotopic (exact) mass is 312 g/mol. The molecular formula is C14H17ClN2O4. The van der Waals surface area contributed by atoms with Gasteiger partial charge in [0.25, 0.3) is 11.8 Å². The van der Waals surface area contributed by atoms with Gasteiger partial charge in [-0.05, 0) is 31.4 Å². The van der Waals surface area contributed by atoms with Crippen molar-refractivity contribution in [2.45, 2.75) is 25.3 Å². The normalized spacial score (nSPS) is 14.6. The summed E-state index contributed by atoms with van der Waals surface area (Å²) >= 11 is 0. The van der Waals surface area contributed by atoms with Crippen LogP contribution < -0.4 is 5.73 Å². The zero-order chi connectivity index (χ0) is 14.7. The van der Waals surface area contributed by atoms with Crippen molar-refractivity contribution < 1.29 is 19.5 Å². The second-order valence-electron chi connectivity index (χ2n) is 4.75. The number of hydrogen-bond acceptors (Lipinski definition) is 4. The van der Waals surface area contributed by atoms with Crippen LogP contribution in [0.2, 0.25) is 0 Å². The number of aliphatic carboxylic acids is 1. The number of unbranched alkanes of at least 4 members (excludes halogenated alkanes) is 1. The topological polar surface area (TPSA) is 101 Å². The van der Waals surface area contributed by atoms with Crippen molar-refractivity contribution in [3.8, 4) is 0 Å². The highest BCUT2D eigenvalue weighted by atomic mass is 35.5. The van der Waals surface area contributed by atoms with E-state index in [9.17, 15) is 14.4 Å². The summed E-state index contributed by atoms with van der Waals surface area (Å²) in [6.07, 6.45) is 1.44. The number of carboxylic acids is 1. The van der Waals surface area contributed by atoms with Gasteiger partial charge in [-0.3, -0.25) is 19.3 Å². The number of imide groups is 1. The van der Waals surface area contributed by atoms with Crippen LogP contribution in [0, 0.1) is 0 Å². The average molecular weight is 313 g/mol. The van der Waals surface area contributed by atoms with Crippen LogP contribution in [0.25, 0.3) is 0 Å². The van der Waals surface area contributed by atoms with Gasteiger partial charge in [0.1, 0.15) is 6.04 Å². The summed E-state index contributed by atoms with van der Waals surface area (Å²) in [6.45, 7) is 0.290. The lowest BCUT2D eigenvalue weighted by Crippen LogP contribution is -2.32. The molecule has 1 atom stereocenters. The molecule has 0 saturated carbocycles. The number of carbonyl (C=O) groups excluding carboxylic acids is 2. The number of rotatable bonds is 6. The molecule has 114 valence electrons. The first-order valence-corrected chi connectivity index (χ1v) is 6.46. The van der Waals surface area contributed by atoms with Gasteiger partial charge < -0.3 is 10.8 Å². The van der Waals surface area contributed by atoms with Crippen LogP contribution in [0.5, 0.6) is 0 Å². The molecule has 1 aromatic rings. The molecule has 0 saturated heterocycles. The molecule has 7 heteroatoms. The highest BCUT2D eigenvalue weighted by Crippen LogP contribution is 2.22. The minimum atomic E-state index is -1.04. The molecule has 0 unspecified atom stereocenters. The molecule has 0 radical (unpaired) electrons. The van der Waals surface area contributed by atoms with E-state index in [0.717, 1.165) is 0 Å². The Balaban J connectivity index is 0.00000220. The Bertz CT molecular complexity index is 527. The predicted octanol–water partition coefficient (Wildman–Crippen LogP) is 1.29. The fraction of sp³-hybridized carbons (Fsp3) is 0.357. The molecule has 0 fully saturated rings. The van der Waals surface area contributed by atoms with E-state index >= 15 is 0 Å². The van der Waals surface area contributed by atoms with Crippen LogP contribution in [0.3, 0.4) is 0 Å². The van der Waals surface area contributed by atoms with Crippen molar-refractivity contribution in [3.63, 3.8) is 0 Å². The van der Waals surface area contributed by atoms with E-state index < -0.39 is 12.0 Å². The fourth-order valence-electron chi connectivity index (χ4n) is 2.20. The molecule has 2 rings (SSSR count). The summed E-state index contributed by atoms with van der Waals surface area (Å²) in [5.41, 5.74) is 6.25. The molecule has 1 aliphatic heterocycles. The van der Waals surface area contributed by atoms with E-state index in [1.54, 1.807) is 24.3 Å². The Labute approximate surface area is 128 Å². The van der Waals surface area contributed by atoms with Crippen molar-refractivity contribution in [3.05, 3.63) is 35.4 Å². The summed E-state index contributed by atoms with van der Waals surface area (Å²) in [7, 11) is 0. The number of hydrogen-bond donors (Lipinski definition) is 2. The van der Waals surface area contributed by atoms with E-state index in [1.807, 2.05) is 0 Å². The fourth-order valence-corrected chi connectivity index (χ4v) is 2.20. The van der Waals surface area contributed by atoms with Crippen molar-refractivity contribution in [1.29, 1.82) is 0 Å². The third-order valence-corrected chi connectivity index (χ3v) is 3.34. The molecule has 0 aliphatic carbocycles. The Kier molecular flexibility index (Phi) is 5.87. The molecule has 2 amide bonds. The van der Waals surface area contributed by atoms with E-state index in [4.69, 9.17) is 10.8 Å². The van der Waals surface area contributed by atoms with E-state index in [0.29, 0.717) is 36.9 Å². The maximum Gasteiger partial charge on any atom is 0.320 e. The number of benzene rings is 1. The molecule has 0 bridgehead atoms. The van der Waals surface area contributed by atoms with Gasteiger partial charge in [0.05, 0.1) is 11.1 Å². The number of nitrogens with two attached hydrogens (primary N) is 1. The minimum absolute atomic E-state index is 0. The smallest absolute Gasteiger partial charge is 0.320 e. The Morgan fingerprint density at radius 1 is 1.14 bits per heavy atom. The van der Waals surface area contributed by atoms with E-state index in [1.165, 1.54) is 4.90 Å². The second-order valence-corrected chi connectivity index (χ2v) is 4.75. The van der Waals surface area contributed by atoms with Crippen molar-refractivity contribution in [2.75, 3.05) is 6.54 Å². The van der Waals surface area contributed by atoms with Crippen LogP contribution in [-0.4, -0.2) is 40.4 Å². The van der Waals surface area contributed by atoms with Crippen LogP contribution >= 0.6 is 12.4 Å². The largest absolute Gasteiger partial charge is 0.480 e. The predicted molar refractivity (Wildman–Crippen MR) is 78.5 cm³/mol. The zero-order valence-electron chi connectivity index (χ0n) is 11.3. The minimum Gasteiger partial charge on any atom is -0.480 e. The zero-order valence-corrected chi connectivity index (χ0v) is 12.1. The van der Waals surface area contributed by atoms with Crippen LogP contribution in [0.1, 0.15) is 40.0 Å². The molecular weight excluding hydrogens is 296 g/mol. The number of halogens is 1. The molecule has 21 heavy (non-hydrogen) atoms. The van der Waals surface area contributed by atoms with Crippen LogP contribution in [0.4, 0.5) is 0 Å². The van der Waals surface area contributed by atoms with E-state index in [2.05, 4.69) is 0 Å². The maximum absolute atomic E-state index is 12.0. The summed E-state index contributed by atoms with van der Waals surface area (Å²) in [6, 6.07) is 5.82. The Morgan fingerprint density at radius 3 is 2.14 bits per heavy atom. The highest BCUT2D eigenvalue weighted by Gasteiger charge is 2.34. The first kappa shape index (κ1) is 17.1. The van der Waals surface area contributed by atoms with Gasteiger partial charge in [-0.25, -0.2) is 0 Å². The van der Waals surface area contributed by atoms with E-state index in [-0.39, 0.29) is 24.2 Å². The van der Waals surface area contributed by atoms with Crippen molar-refractivity contribution in [2.24, 2.45) is 5.73 Å². The van der Waals surface area contributed by atoms with Gasteiger partial charge in [0, 0.05) is 6.54 Å². The third kappa shape index (κ3) is 3.59. The Morgan fingerprint density at radius 2 is 1.67 bits per heavy atom. The number of carbonyl (C=O) groups is 3.